The van der Waals surface area contributed by atoms with Crippen molar-refractivity contribution >= 4 is 11.8 Å². The Morgan fingerprint density at radius 2 is 1.94 bits per heavy atom. The number of nitrogens with one attached hydrogen (secondary N) is 1. The first-order valence-corrected chi connectivity index (χ1v) is 6.83. The maximum absolute atomic E-state index is 11.5. The van der Waals surface area contributed by atoms with Crippen LogP contribution in [0.15, 0.2) is 0 Å². The summed E-state index contributed by atoms with van der Waals surface area (Å²) in [5.74, 6) is -0.415. The average molecular weight is 256 g/mol. The van der Waals surface area contributed by atoms with Gasteiger partial charge in [0.25, 0.3) is 11.8 Å². The van der Waals surface area contributed by atoms with Crippen LogP contribution in [0.5, 0.6) is 0 Å². The Morgan fingerprint density at radius 1 is 1.28 bits per heavy atom. The Balaban J connectivity index is 2.26. The van der Waals surface area contributed by atoms with E-state index in [0.717, 1.165) is 32.2 Å². The second kappa shape index (κ2) is 8.21. The third-order valence-corrected chi connectivity index (χ3v) is 3.16. The van der Waals surface area contributed by atoms with E-state index in [1.54, 1.807) is 0 Å². The molecule has 0 bridgehead atoms. The SMILES string of the molecule is CCCNC(CC)CCCN1C(=O)COCC1=O. The van der Waals surface area contributed by atoms with E-state index in [2.05, 4.69) is 19.2 Å². The zero-order valence-corrected chi connectivity index (χ0v) is 11.4. The number of carbonyl (C=O) groups excluding carboxylic acids is 2. The van der Waals surface area contributed by atoms with E-state index in [-0.39, 0.29) is 25.0 Å². The van der Waals surface area contributed by atoms with Gasteiger partial charge in [-0.15, -0.1) is 0 Å². The fourth-order valence-electron chi connectivity index (χ4n) is 2.06. The number of imide groups is 1. The molecule has 0 aliphatic carbocycles. The molecule has 0 aromatic heterocycles. The Morgan fingerprint density at radius 3 is 2.50 bits per heavy atom. The molecule has 5 heteroatoms. The second-order valence-corrected chi connectivity index (χ2v) is 4.63. The first-order chi connectivity index (χ1) is 8.69. The van der Waals surface area contributed by atoms with Crippen molar-refractivity contribution in [3.05, 3.63) is 0 Å². The number of amides is 2. The molecule has 5 nitrogen and oxygen atoms in total. The Hall–Kier alpha value is -0.940. The lowest BCUT2D eigenvalue weighted by Crippen LogP contribution is -2.46. The lowest BCUT2D eigenvalue weighted by Gasteiger charge is -2.25. The van der Waals surface area contributed by atoms with Gasteiger partial charge in [-0.25, -0.2) is 0 Å². The van der Waals surface area contributed by atoms with Crippen molar-refractivity contribution in [2.75, 3.05) is 26.3 Å². The van der Waals surface area contributed by atoms with E-state index in [1.165, 1.54) is 4.90 Å². The highest BCUT2D eigenvalue weighted by atomic mass is 16.5. The molecule has 2 amide bonds. The van der Waals surface area contributed by atoms with Gasteiger partial charge in [0, 0.05) is 12.6 Å². The first-order valence-electron chi connectivity index (χ1n) is 6.83. The molecule has 1 saturated heterocycles. The zero-order valence-electron chi connectivity index (χ0n) is 11.4. The minimum Gasteiger partial charge on any atom is -0.362 e. The molecule has 0 aromatic rings. The summed E-state index contributed by atoms with van der Waals surface area (Å²) in [6.45, 7) is 5.91. The highest BCUT2D eigenvalue weighted by molar-refractivity contribution is 5.98. The number of morpholine rings is 1. The van der Waals surface area contributed by atoms with Crippen molar-refractivity contribution in [2.45, 2.75) is 45.6 Å². The molecule has 104 valence electrons. The molecule has 1 heterocycles. The van der Waals surface area contributed by atoms with Crippen molar-refractivity contribution < 1.29 is 14.3 Å². The maximum atomic E-state index is 11.5. The van der Waals surface area contributed by atoms with Crippen LogP contribution in [0.1, 0.15) is 39.5 Å². The predicted molar refractivity (Wildman–Crippen MR) is 69.1 cm³/mol. The van der Waals surface area contributed by atoms with Gasteiger partial charge in [-0.2, -0.15) is 0 Å². The van der Waals surface area contributed by atoms with E-state index in [9.17, 15) is 9.59 Å². The fourth-order valence-corrected chi connectivity index (χ4v) is 2.06. The molecule has 0 spiro atoms. The van der Waals surface area contributed by atoms with Gasteiger partial charge in [0.05, 0.1) is 0 Å². The third kappa shape index (κ3) is 4.74. The number of carbonyl (C=O) groups is 2. The normalized spacial score (nSPS) is 18.2. The van der Waals surface area contributed by atoms with Gasteiger partial charge in [-0.3, -0.25) is 14.5 Å². The monoisotopic (exact) mass is 256 g/mol. The Bertz CT molecular complexity index is 265. The van der Waals surface area contributed by atoms with Gasteiger partial charge in [0.1, 0.15) is 13.2 Å². The molecule has 1 rings (SSSR count). The molecule has 1 fully saturated rings. The van der Waals surface area contributed by atoms with Gasteiger partial charge in [0.2, 0.25) is 0 Å². The Kier molecular flexibility index (Phi) is 6.90. The van der Waals surface area contributed by atoms with E-state index in [1.807, 2.05) is 0 Å². The molecule has 1 atom stereocenters. The number of rotatable bonds is 8. The molecule has 1 aliphatic heterocycles. The van der Waals surface area contributed by atoms with Crippen LogP contribution in [-0.4, -0.2) is 49.1 Å². The quantitative estimate of drug-likeness (QED) is 0.656. The molecular formula is C13H24N2O3. The molecule has 1 aliphatic rings. The summed E-state index contributed by atoms with van der Waals surface area (Å²) in [6.07, 6.45) is 4.04. The van der Waals surface area contributed by atoms with Crippen molar-refractivity contribution in [1.29, 1.82) is 0 Å². The van der Waals surface area contributed by atoms with Crippen molar-refractivity contribution in [3.63, 3.8) is 0 Å². The van der Waals surface area contributed by atoms with Crippen LogP contribution in [0.2, 0.25) is 0 Å². The van der Waals surface area contributed by atoms with Crippen LogP contribution in [0.4, 0.5) is 0 Å². The molecule has 0 saturated carbocycles. The van der Waals surface area contributed by atoms with E-state index >= 15 is 0 Å². The summed E-state index contributed by atoms with van der Waals surface area (Å²) < 4.78 is 4.87. The van der Waals surface area contributed by atoms with Gasteiger partial charge in [0.15, 0.2) is 0 Å². The second-order valence-electron chi connectivity index (χ2n) is 4.63. The molecule has 0 radical (unpaired) electrons. The minimum absolute atomic E-state index is 0.0387. The largest absolute Gasteiger partial charge is 0.362 e. The molecular weight excluding hydrogens is 232 g/mol. The molecule has 1 unspecified atom stereocenters. The van der Waals surface area contributed by atoms with Gasteiger partial charge < -0.3 is 10.1 Å². The van der Waals surface area contributed by atoms with Gasteiger partial charge in [-0.05, 0) is 32.2 Å². The Labute approximate surface area is 109 Å². The standard InChI is InChI=1S/C13H24N2O3/c1-3-7-14-11(4-2)6-5-8-15-12(16)9-18-10-13(15)17/h11,14H,3-10H2,1-2H3. The summed E-state index contributed by atoms with van der Waals surface area (Å²) in [6, 6.07) is 0.483. The molecule has 0 aromatic carbocycles. The summed E-state index contributed by atoms with van der Waals surface area (Å²) in [5, 5.41) is 3.47. The average Bonchev–Trinajstić information content (AvgIpc) is 2.36. The first kappa shape index (κ1) is 15.1. The number of nitrogens with zero attached hydrogens (tertiary/aromatic N) is 1. The van der Waals surface area contributed by atoms with Crippen LogP contribution in [-0.2, 0) is 14.3 Å². The van der Waals surface area contributed by atoms with Crippen molar-refractivity contribution in [3.8, 4) is 0 Å². The van der Waals surface area contributed by atoms with Crippen LogP contribution in [0, 0.1) is 0 Å². The number of ether oxygens (including phenoxy) is 1. The van der Waals surface area contributed by atoms with Crippen molar-refractivity contribution in [1.82, 2.24) is 10.2 Å². The number of hydrogen-bond donors (Lipinski definition) is 1. The lowest BCUT2D eigenvalue weighted by atomic mass is 10.1. The van der Waals surface area contributed by atoms with Gasteiger partial charge in [-0.1, -0.05) is 13.8 Å². The highest BCUT2D eigenvalue weighted by Gasteiger charge is 2.25. The molecule has 1 N–H and O–H groups in total. The summed E-state index contributed by atoms with van der Waals surface area (Å²) in [5.41, 5.74) is 0. The summed E-state index contributed by atoms with van der Waals surface area (Å²) in [4.78, 5) is 24.3. The predicted octanol–water partition coefficient (Wildman–Crippen LogP) is 0.930. The van der Waals surface area contributed by atoms with Crippen LogP contribution >= 0.6 is 0 Å². The smallest absolute Gasteiger partial charge is 0.255 e. The zero-order chi connectivity index (χ0) is 13.4. The van der Waals surface area contributed by atoms with E-state index in [0.29, 0.717) is 12.6 Å². The third-order valence-electron chi connectivity index (χ3n) is 3.16. The van der Waals surface area contributed by atoms with Crippen LogP contribution in [0.25, 0.3) is 0 Å². The molecule has 18 heavy (non-hydrogen) atoms. The minimum atomic E-state index is -0.208. The topological polar surface area (TPSA) is 58.6 Å². The summed E-state index contributed by atoms with van der Waals surface area (Å²) >= 11 is 0. The van der Waals surface area contributed by atoms with E-state index < -0.39 is 0 Å². The van der Waals surface area contributed by atoms with E-state index in [4.69, 9.17) is 4.74 Å². The van der Waals surface area contributed by atoms with Crippen molar-refractivity contribution in [2.24, 2.45) is 0 Å². The summed E-state index contributed by atoms with van der Waals surface area (Å²) in [7, 11) is 0. The maximum Gasteiger partial charge on any atom is 0.255 e. The fraction of sp³-hybridized carbons (Fsp3) is 0.846. The van der Waals surface area contributed by atoms with Gasteiger partial charge >= 0.3 is 0 Å². The van der Waals surface area contributed by atoms with Crippen LogP contribution in [0.3, 0.4) is 0 Å². The highest BCUT2D eigenvalue weighted by Crippen LogP contribution is 2.07. The lowest BCUT2D eigenvalue weighted by molar-refractivity contribution is -0.158. The van der Waals surface area contributed by atoms with Crippen LogP contribution < -0.4 is 5.32 Å². The number of hydrogen-bond acceptors (Lipinski definition) is 4.